The van der Waals surface area contributed by atoms with Crippen LogP contribution in [0.1, 0.15) is 5.56 Å². The fraction of sp³-hybridized carbons (Fsp3) is 0.455. The van der Waals surface area contributed by atoms with Gasteiger partial charge < -0.3 is 14.4 Å². The Morgan fingerprint density at radius 3 is 2.56 bits per heavy atom. The second kappa shape index (κ2) is 4.59. The van der Waals surface area contributed by atoms with Crippen molar-refractivity contribution in [3.8, 4) is 11.5 Å². The van der Waals surface area contributed by atoms with Gasteiger partial charge in [-0.15, -0.1) is 0 Å². The van der Waals surface area contributed by atoms with E-state index in [0.717, 1.165) is 22.7 Å². The second-order valence-corrected chi connectivity index (χ2v) is 3.84. The van der Waals surface area contributed by atoms with Gasteiger partial charge in [0, 0.05) is 18.8 Å². The molecule has 1 heterocycles. The Hall–Kier alpha value is -1.46. The van der Waals surface area contributed by atoms with Crippen LogP contribution in [0.3, 0.4) is 0 Å². The minimum Gasteiger partial charge on any atom is -0.486 e. The van der Waals surface area contributed by atoms with Crippen LogP contribution in [0.4, 0.5) is 5.69 Å². The summed E-state index contributed by atoms with van der Waals surface area (Å²) in [6.45, 7) is 3.85. The van der Waals surface area contributed by atoms with Crippen LogP contribution in [-0.2, 0) is 0 Å². The number of nitrogens with zero attached hydrogens (tertiary/aromatic N) is 1. The third-order valence-electron chi connectivity index (χ3n) is 2.60. The van der Waals surface area contributed by atoms with Crippen molar-refractivity contribution in [2.24, 2.45) is 5.84 Å². The molecule has 0 atom stereocenters. The molecule has 5 nitrogen and oxygen atoms in total. The highest BCUT2D eigenvalue weighted by molar-refractivity contribution is 5.61. The van der Waals surface area contributed by atoms with E-state index in [1.54, 1.807) is 0 Å². The van der Waals surface area contributed by atoms with Crippen LogP contribution in [0, 0.1) is 6.92 Å². The number of nitrogens with one attached hydrogen (secondary N) is 1. The molecule has 0 unspecified atom stereocenters. The summed E-state index contributed by atoms with van der Waals surface area (Å²) in [7, 11) is 1.97. The Bertz CT molecular complexity index is 382. The fourth-order valence-corrected chi connectivity index (χ4v) is 1.81. The van der Waals surface area contributed by atoms with E-state index in [4.69, 9.17) is 15.3 Å². The van der Waals surface area contributed by atoms with Gasteiger partial charge in [-0.2, -0.15) is 0 Å². The molecule has 0 fully saturated rings. The molecule has 0 saturated carbocycles. The van der Waals surface area contributed by atoms with E-state index in [9.17, 15) is 0 Å². The van der Waals surface area contributed by atoms with Crippen molar-refractivity contribution in [1.29, 1.82) is 0 Å². The molecule has 0 saturated heterocycles. The largest absolute Gasteiger partial charge is 0.486 e. The summed E-state index contributed by atoms with van der Waals surface area (Å²) in [5.74, 6) is 6.93. The number of hydrogen-bond acceptors (Lipinski definition) is 5. The molecular formula is C11H17N3O2. The lowest BCUT2D eigenvalue weighted by atomic mass is 10.1. The number of fused-ring (bicyclic) bond motifs is 1. The molecule has 0 amide bonds. The highest BCUT2D eigenvalue weighted by Gasteiger charge is 2.15. The van der Waals surface area contributed by atoms with Gasteiger partial charge in [-0.05, 0) is 18.6 Å². The van der Waals surface area contributed by atoms with Crippen molar-refractivity contribution >= 4 is 5.69 Å². The smallest absolute Gasteiger partial charge is 0.163 e. The molecule has 0 radical (unpaired) electrons. The standard InChI is InChI=1S/C11H17N3O2/c1-8-5-10-11(16-4-3-15-10)6-9(8)14(2)7-13-12/h5-6,13H,3-4,7,12H2,1-2H3. The first kappa shape index (κ1) is 11.0. The van der Waals surface area contributed by atoms with Gasteiger partial charge in [-0.1, -0.05) is 0 Å². The molecule has 0 bridgehead atoms. The number of benzene rings is 1. The van der Waals surface area contributed by atoms with Gasteiger partial charge in [0.2, 0.25) is 0 Å². The third kappa shape index (κ3) is 2.05. The highest BCUT2D eigenvalue weighted by atomic mass is 16.6. The summed E-state index contributed by atoms with van der Waals surface area (Å²) < 4.78 is 11.1. The Labute approximate surface area is 95.1 Å². The summed E-state index contributed by atoms with van der Waals surface area (Å²) in [6, 6.07) is 3.98. The Morgan fingerprint density at radius 1 is 1.31 bits per heavy atom. The summed E-state index contributed by atoms with van der Waals surface area (Å²) in [4.78, 5) is 2.02. The van der Waals surface area contributed by atoms with Crippen LogP contribution < -0.4 is 25.6 Å². The molecule has 0 spiro atoms. The molecule has 1 aliphatic heterocycles. The Kier molecular flexibility index (Phi) is 3.17. The van der Waals surface area contributed by atoms with Crippen molar-refractivity contribution in [3.05, 3.63) is 17.7 Å². The Morgan fingerprint density at radius 2 is 1.94 bits per heavy atom. The summed E-state index contributed by atoms with van der Waals surface area (Å²) in [5.41, 5.74) is 4.85. The third-order valence-corrected chi connectivity index (χ3v) is 2.60. The summed E-state index contributed by atoms with van der Waals surface area (Å²) in [5, 5.41) is 0. The summed E-state index contributed by atoms with van der Waals surface area (Å²) >= 11 is 0. The van der Waals surface area contributed by atoms with E-state index in [1.807, 2.05) is 31.0 Å². The first-order chi connectivity index (χ1) is 7.72. The van der Waals surface area contributed by atoms with Crippen molar-refractivity contribution in [3.63, 3.8) is 0 Å². The maximum Gasteiger partial charge on any atom is 0.163 e. The molecule has 88 valence electrons. The molecule has 2 rings (SSSR count). The summed E-state index contributed by atoms with van der Waals surface area (Å²) in [6.07, 6.45) is 0. The van der Waals surface area contributed by atoms with E-state index in [2.05, 4.69) is 5.43 Å². The van der Waals surface area contributed by atoms with Crippen molar-refractivity contribution in [1.82, 2.24) is 5.43 Å². The van der Waals surface area contributed by atoms with Gasteiger partial charge in [0.25, 0.3) is 0 Å². The maximum absolute atomic E-state index is 5.54. The minimum atomic E-state index is 0.584. The number of hydrazine groups is 1. The first-order valence-corrected chi connectivity index (χ1v) is 5.27. The van der Waals surface area contributed by atoms with Gasteiger partial charge in [-0.3, -0.25) is 5.84 Å². The zero-order chi connectivity index (χ0) is 11.5. The van der Waals surface area contributed by atoms with Gasteiger partial charge in [0.1, 0.15) is 13.2 Å². The number of anilines is 1. The lowest BCUT2D eigenvalue weighted by Gasteiger charge is -2.25. The van der Waals surface area contributed by atoms with Gasteiger partial charge in [-0.25, -0.2) is 5.43 Å². The van der Waals surface area contributed by atoms with Crippen LogP contribution in [0.2, 0.25) is 0 Å². The molecule has 3 N–H and O–H groups in total. The zero-order valence-corrected chi connectivity index (χ0v) is 9.62. The lowest BCUT2D eigenvalue weighted by molar-refractivity contribution is 0.171. The minimum absolute atomic E-state index is 0.584. The predicted molar refractivity (Wildman–Crippen MR) is 62.8 cm³/mol. The average Bonchev–Trinajstić information content (AvgIpc) is 2.28. The fourth-order valence-electron chi connectivity index (χ4n) is 1.81. The van der Waals surface area contributed by atoms with Gasteiger partial charge in [0.15, 0.2) is 11.5 Å². The van der Waals surface area contributed by atoms with E-state index >= 15 is 0 Å². The molecule has 1 aromatic rings. The number of rotatable bonds is 3. The van der Waals surface area contributed by atoms with E-state index in [-0.39, 0.29) is 0 Å². The van der Waals surface area contributed by atoms with Crippen molar-refractivity contribution in [2.75, 3.05) is 31.8 Å². The van der Waals surface area contributed by atoms with Crippen LogP contribution in [0.15, 0.2) is 12.1 Å². The van der Waals surface area contributed by atoms with Crippen LogP contribution >= 0.6 is 0 Å². The normalized spacial score (nSPS) is 13.7. The number of nitrogens with two attached hydrogens (primary N) is 1. The van der Waals surface area contributed by atoms with Crippen molar-refractivity contribution in [2.45, 2.75) is 6.92 Å². The van der Waals surface area contributed by atoms with Crippen LogP contribution in [0.25, 0.3) is 0 Å². The monoisotopic (exact) mass is 223 g/mol. The maximum atomic E-state index is 5.54. The number of hydrogen-bond donors (Lipinski definition) is 2. The van der Waals surface area contributed by atoms with Gasteiger partial charge in [0.05, 0.1) is 6.67 Å². The number of ether oxygens (including phenoxy) is 2. The predicted octanol–water partition coefficient (Wildman–Crippen LogP) is 0.623. The lowest BCUT2D eigenvalue weighted by Crippen LogP contribution is -2.35. The average molecular weight is 223 g/mol. The van der Waals surface area contributed by atoms with Gasteiger partial charge >= 0.3 is 0 Å². The van der Waals surface area contributed by atoms with E-state index in [1.165, 1.54) is 0 Å². The topological polar surface area (TPSA) is 59.8 Å². The van der Waals surface area contributed by atoms with Crippen LogP contribution in [-0.4, -0.2) is 26.9 Å². The zero-order valence-electron chi connectivity index (χ0n) is 9.62. The molecule has 1 aromatic carbocycles. The molecule has 5 heteroatoms. The van der Waals surface area contributed by atoms with E-state index < -0.39 is 0 Å². The van der Waals surface area contributed by atoms with Crippen molar-refractivity contribution < 1.29 is 9.47 Å². The quantitative estimate of drug-likeness (QED) is 0.447. The second-order valence-electron chi connectivity index (χ2n) is 3.84. The van der Waals surface area contributed by atoms with Crippen LogP contribution in [0.5, 0.6) is 11.5 Å². The molecule has 0 aromatic heterocycles. The molecular weight excluding hydrogens is 206 g/mol. The Balaban J connectivity index is 2.31. The molecule has 0 aliphatic carbocycles. The number of aryl methyl sites for hydroxylation is 1. The molecule has 1 aliphatic rings. The highest BCUT2D eigenvalue weighted by Crippen LogP contribution is 2.36. The van der Waals surface area contributed by atoms with E-state index in [0.29, 0.717) is 19.9 Å². The SMILES string of the molecule is Cc1cc2c(cc1N(C)CNN)OCCO2. The first-order valence-electron chi connectivity index (χ1n) is 5.27. The molecule has 16 heavy (non-hydrogen) atoms.